The van der Waals surface area contributed by atoms with Crippen molar-refractivity contribution < 1.29 is 19.0 Å². The van der Waals surface area contributed by atoms with Crippen LogP contribution in [0.2, 0.25) is 0 Å². The Bertz CT molecular complexity index is 681. The first-order chi connectivity index (χ1) is 14.7. The van der Waals surface area contributed by atoms with Gasteiger partial charge in [0.05, 0.1) is 5.76 Å². The van der Waals surface area contributed by atoms with Crippen LogP contribution in [-0.2, 0) is 14.2 Å². The van der Waals surface area contributed by atoms with Gasteiger partial charge in [-0.3, -0.25) is 0 Å². The molecule has 5 atom stereocenters. The molecule has 6 heteroatoms. The highest BCUT2D eigenvalue weighted by molar-refractivity contribution is 5.68. The van der Waals surface area contributed by atoms with Gasteiger partial charge in [-0.05, 0) is 85.1 Å². The molecule has 3 aliphatic rings. The predicted octanol–water partition coefficient (Wildman–Crippen LogP) is 5.15. The number of fused-ring (bicyclic) bond motifs is 1. The first-order valence-corrected chi connectivity index (χ1v) is 12.0. The van der Waals surface area contributed by atoms with Crippen molar-refractivity contribution in [3.8, 4) is 0 Å². The third-order valence-electron chi connectivity index (χ3n) is 6.69. The van der Waals surface area contributed by atoms with Crippen molar-refractivity contribution in [2.45, 2.75) is 110 Å². The lowest BCUT2D eigenvalue weighted by Crippen LogP contribution is -2.50. The summed E-state index contributed by atoms with van der Waals surface area (Å²) in [6.07, 6.45) is 11.6. The SMILES string of the molecule is CCOC(C)OC1=CCC2NC(C3=CCC(N(C)C(=O)OC(C)(C)C)CC3)CCC2C1. The maximum absolute atomic E-state index is 12.4. The van der Waals surface area contributed by atoms with Crippen LogP contribution in [0, 0.1) is 5.92 Å². The van der Waals surface area contributed by atoms with E-state index in [1.807, 2.05) is 41.7 Å². The highest BCUT2D eigenvalue weighted by atomic mass is 16.7. The summed E-state index contributed by atoms with van der Waals surface area (Å²) in [6.45, 7) is 10.4. The summed E-state index contributed by atoms with van der Waals surface area (Å²) in [6, 6.07) is 1.21. The van der Waals surface area contributed by atoms with Crippen LogP contribution in [0.15, 0.2) is 23.5 Å². The van der Waals surface area contributed by atoms with Crippen LogP contribution in [0.4, 0.5) is 4.79 Å². The molecule has 0 aromatic heterocycles. The Labute approximate surface area is 188 Å². The fourth-order valence-electron chi connectivity index (χ4n) is 5.03. The normalized spacial score (nSPS) is 29.9. The summed E-state index contributed by atoms with van der Waals surface area (Å²) in [5.41, 5.74) is 1.06. The van der Waals surface area contributed by atoms with E-state index in [1.54, 1.807) is 4.90 Å². The van der Waals surface area contributed by atoms with Crippen molar-refractivity contribution in [3.63, 3.8) is 0 Å². The second kappa shape index (κ2) is 10.4. The molecule has 0 aromatic carbocycles. The van der Waals surface area contributed by atoms with Crippen molar-refractivity contribution in [1.29, 1.82) is 0 Å². The Balaban J connectivity index is 1.50. The molecule has 6 nitrogen and oxygen atoms in total. The smallest absolute Gasteiger partial charge is 0.410 e. The number of hydrogen-bond acceptors (Lipinski definition) is 5. The number of allylic oxidation sites excluding steroid dienone is 1. The Morgan fingerprint density at radius 2 is 2.00 bits per heavy atom. The topological polar surface area (TPSA) is 60.0 Å². The zero-order chi connectivity index (χ0) is 22.6. The third-order valence-corrected chi connectivity index (χ3v) is 6.69. The lowest BCUT2D eigenvalue weighted by molar-refractivity contribution is -0.104. The zero-order valence-corrected chi connectivity index (χ0v) is 20.3. The molecule has 1 heterocycles. The number of piperidine rings is 1. The average molecular weight is 435 g/mol. The van der Waals surface area contributed by atoms with Gasteiger partial charge in [0.25, 0.3) is 0 Å². The lowest BCUT2D eigenvalue weighted by atomic mass is 9.77. The second-order valence-electron chi connectivity index (χ2n) is 10.2. The van der Waals surface area contributed by atoms with Crippen LogP contribution in [0.3, 0.4) is 0 Å². The van der Waals surface area contributed by atoms with Gasteiger partial charge >= 0.3 is 6.09 Å². The van der Waals surface area contributed by atoms with Crippen LogP contribution in [-0.4, -0.2) is 54.7 Å². The van der Waals surface area contributed by atoms with E-state index in [0.29, 0.717) is 24.6 Å². The fraction of sp³-hybridized carbons (Fsp3) is 0.800. The number of carbonyl (C=O) groups excluding carboxylic acids is 1. The van der Waals surface area contributed by atoms with E-state index in [9.17, 15) is 4.79 Å². The molecule has 176 valence electrons. The van der Waals surface area contributed by atoms with E-state index >= 15 is 0 Å². The monoisotopic (exact) mass is 434 g/mol. The molecule has 0 radical (unpaired) electrons. The molecule has 1 saturated heterocycles. The number of nitrogens with one attached hydrogen (secondary N) is 1. The Morgan fingerprint density at radius 1 is 1.23 bits per heavy atom. The minimum absolute atomic E-state index is 0.170. The molecule has 2 aliphatic carbocycles. The highest BCUT2D eigenvalue weighted by Gasteiger charge is 2.35. The van der Waals surface area contributed by atoms with Crippen molar-refractivity contribution in [1.82, 2.24) is 10.2 Å². The summed E-state index contributed by atoms with van der Waals surface area (Å²) in [7, 11) is 1.86. The van der Waals surface area contributed by atoms with Crippen LogP contribution in [0.5, 0.6) is 0 Å². The summed E-state index contributed by atoms with van der Waals surface area (Å²) >= 11 is 0. The predicted molar refractivity (Wildman–Crippen MR) is 123 cm³/mol. The number of carbonyl (C=O) groups is 1. The van der Waals surface area contributed by atoms with Gasteiger partial charge in [-0.15, -0.1) is 0 Å². The molecule has 5 unspecified atom stereocenters. The fourth-order valence-corrected chi connectivity index (χ4v) is 5.03. The summed E-state index contributed by atoms with van der Waals surface area (Å²) < 4.78 is 17.0. The largest absolute Gasteiger partial charge is 0.470 e. The van der Waals surface area contributed by atoms with E-state index in [2.05, 4.69) is 17.5 Å². The number of rotatable bonds is 6. The van der Waals surface area contributed by atoms with E-state index < -0.39 is 5.60 Å². The van der Waals surface area contributed by atoms with Crippen molar-refractivity contribution in [3.05, 3.63) is 23.5 Å². The van der Waals surface area contributed by atoms with E-state index in [4.69, 9.17) is 14.2 Å². The third kappa shape index (κ3) is 6.72. The Kier molecular flexibility index (Phi) is 8.08. The summed E-state index contributed by atoms with van der Waals surface area (Å²) in [5.74, 6) is 1.73. The molecule has 0 saturated carbocycles. The zero-order valence-electron chi connectivity index (χ0n) is 20.3. The van der Waals surface area contributed by atoms with Gasteiger partial charge in [-0.1, -0.05) is 11.6 Å². The summed E-state index contributed by atoms with van der Waals surface area (Å²) in [5, 5.41) is 3.92. The molecule has 1 N–H and O–H groups in total. The van der Waals surface area contributed by atoms with Crippen LogP contribution in [0.25, 0.3) is 0 Å². The molecule has 0 aromatic rings. The minimum atomic E-state index is -0.454. The number of amides is 1. The molecule has 3 rings (SSSR count). The van der Waals surface area contributed by atoms with E-state index in [-0.39, 0.29) is 18.4 Å². The van der Waals surface area contributed by atoms with E-state index in [1.165, 1.54) is 18.4 Å². The Hall–Kier alpha value is -1.53. The molecule has 0 bridgehead atoms. The first kappa shape index (κ1) is 24.1. The molecule has 0 spiro atoms. The average Bonchev–Trinajstić information content (AvgIpc) is 2.72. The molecule has 1 fully saturated rings. The molecule has 31 heavy (non-hydrogen) atoms. The number of nitrogens with zero attached hydrogens (tertiary/aromatic N) is 1. The first-order valence-electron chi connectivity index (χ1n) is 12.0. The standard InChI is InChI=1S/C25H42N2O4/c1-7-29-17(2)30-21-13-15-23-19(16-21)10-14-22(26-23)18-8-11-20(12-9-18)27(6)24(28)31-25(3,4)5/h8,13,17,19-20,22-23,26H,7,9-12,14-16H2,1-6H3. The van der Waals surface area contributed by atoms with Crippen molar-refractivity contribution >= 4 is 6.09 Å². The van der Waals surface area contributed by atoms with Gasteiger partial charge in [0, 0.05) is 38.2 Å². The quantitative estimate of drug-likeness (QED) is 0.463. The van der Waals surface area contributed by atoms with Crippen molar-refractivity contribution in [2.75, 3.05) is 13.7 Å². The number of hydrogen-bond donors (Lipinski definition) is 1. The molecular weight excluding hydrogens is 392 g/mol. The highest BCUT2D eigenvalue weighted by Crippen LogP contribution is 2.36. The lowest BCUT2D eigenvalue weighted by Gasteiger charge is -2.42. The van der Waals surface area contributed by atoms with Crippen LogP contribution in [0.1, 0.15) is 79.6 Å². The molecule has 1 aliphatic heterocycles. The van der Waals surface area contributed by atoms with Gasteiger partial charge < -0.3 is 24.4 Å². The van der Waals surface area contributed by atoms with Gasteiger partial charge in [-0.25, -0.2) is 4.79 Å². The summed E-state index contributed by atoms with van der Waals surface area (Å²) in [4.78, 5) is 14.2. The maximum atomic E-state index is 12.4. The van der Waals surface area contributed by atoms with Crippen LogP contribution >= 0.6 is 0 Å². The molecule has 1 amide bonds. The van der Waals surface area contributed by atoms with Crippen molar-refractivity contribution in [2.24, 2.45) is 5.92 Å². The number of ether oxygens (including phenoxy) is 3. The Morgan fingerprint density at radius 3 is 2.65 bits per heavy atom. The van der Waals surface area contributed by atoms with Crippen LogP contribution < -0.4 is 5.32 Å². The van der Waals surface area contributed by atoms with Gasteiger partial charge in [0.1, 0.15) is 5.60 Å². The molecular formula is C25H42N2O4. The van der Waals surface area contributed by atoms with Gasteiger partial charge in [0.15, 0.2) is 6.29 Å². The van der Waals surface area contributed by atoms with E-state index in [0.717, 1.165) is 37.9 Å². The minimum Gasteiger partial charge on any atom is -0.470 e. The maximum Gasteiger partial charge on any atom is 0.410 e. The van der Waals surface area contributed by atoms with Gasteiger partial charge in [0.2, 0.25) is 0 Å². The van der Waals surface area contributed by atoms with Gasteiger partial charge in [-0.2, -0.15) is 0 Å². The second-order valence-corrected chi connectivity index (χ2v) is 10.2.